The van der Waals surface area contributed by atoms with Gasteiger partial charge in [0.15, 0.2) is 0 Å². The van der Waals surface area contributed by atoms with E-state index in [1.54, 1.807) is 25.3 Å². The molecule has 1 aliphatic rings. The smallest absolute Gasteiger partial charge is 0.294 e. The van der Waals surface area contributed by atoms with E-state index >= 15 is 0 Å². The number of amides is 2. The molecule has 0 saturated heterocycles. The number of anilines is 1. The molecule has 6 nitrogen and oxygen atoms in total. The maximum absolute atomic E-state index is 13.3. The van der Waals surface area contributed by atoms with Crippen LogP contribution in [0.1, 0.15) is 60.2 Å². The van der Waals surface area contributed by atoms with Crippen molar-refractivity contribution in [2.24, 2.45) is 0 Å². The van der Waals surface area contributed by atoms with Crippen molar-refractivity contribution in [3.8, 4) is 0 Å². The van der Waals surface area contributed by atoms with Crippen LogP contribution in [-0.2, 0) is 17.8 Å². The Morgan fingerprint density at radius 2 is 1.86 bits per heavy atom. The van der Waals surface area contributed by atoms with Crippen LogP contribution in [0.5, 0.6) is 0 Å². The van der Waals surface area contributed by atoms with E-state index < -0.39 is 29.0 Å². The van der Waals surface area contributed by atoms with Gasteiger partial charge in [0.1, 0.15) is 5.82 Å². The van der Waals surface area contributed by atoms with Gasteiger partial charge in [0.2, 0.25) is 0 Å². The van der Waals surface area contributed by atoms with Crippen LogP contribution in [0.15, 0.2) is 24.3 Å². The number of carbonyl (C=O) groups excluding carboxylic acids is 3. The fourth-order valence-corrected chi connectivity index (χ4v) is 3.53. The summed E-state index contributed by atoms with van der Waals surface area (Å²) in [5.74, 6) is -2.40. The molecular formula is C21H23ClFN3O3. The molecule has 0 saturated carbocycles. The van der Waals surface area contributed by atoms with Gasteiger partial charge in [0, 0.05) is 23.5 Å². The summed E-state index contributed by atoms with van der Waals surface area (Å²) in [4.78, 5) is 38.0. The van der Waals surface area contributed by atoms with Crippen LogP contribution in [0.3, 0.4) is 0 Å². The van der Waals surface area contributed by atoms with Crippen LogP contribution < -0.4 is 10.6 Å². The summed E-state index contributed by atoms with van der Waals surface area (Å²) >= 11 is 5.77. The van der Waals surface area contributed by atoms with E-state index in [1.807, 2.05) is 0 Å². The third-order valence-corrected chi connectivity index (χ3v) is 4.89. The quantitative estimate of drug-likeness (QED) is 0.581. The van der Waals surface area contributed by atoms with Gasteiger partial charge in [-0.05, 0) is 64.3 Å². The fraction of sp³-hybridized carbons (Fsp3) is 0.381. The molecule has 0 bridgehead atoms. The molecule has 0 fully saturated rings. The number of hydrogen-bond donors (Lipinski definition) is 2. The van der Waals surface area contributed by atoms with Crippen molar-refractivity contribution in [1.29, 1.82) is 0 Å². The topological polar surface area (TPSA) is 80.2 Å². The van der Waals surface area contributed by atoms with Crippen molar-refractivity contribution >= 4 is 34.9 Å². The second-order valence-electron chi connectivity index (χ2n) is 8.11. The number of hydrogen-bond acceptors (Lipinski definition) is 3. The van der Waals surface area contributed by atoms with Gasteiger partial charge in [0.05, 0.1) is 16.3 Å². The number of ketones is 1. The molecule has 0 unspecified atom stereocenters. The molecule has 29 heavy (non-hydrogen) atoms. The Kier molecular flexibility index (Phi) is 5.80. The van der Waals surface area contributed by atoms with Crippen LogP contribution in [0, 0.1) is 5.82 Å². The molecule has 2 heterocycles. The number of fused-ring (bicyclic) bond motifs is 1. The van der Waals surface area contributed by atoms with Crippen molar-refractivity contribution in [3.05, 3.63) is 52.1 Å². The Balaban J connectivity index is 1.91. The number of nitrogens with zero attached hydrogens (tertiary/aromatic N) is 1. The van der Waals surface area contributed by atoms with E-state index in [-0.39, 0.29) is 10.7 Å². The predicted molar refractivity (Wildman–Crippen MR) is 109 cm³/mol. The van der Waals surface area contributed by atoms with Crippen molar-refractivity contribution in [1.82, 2.24) is 9.88 Å². The number of nitrogens with one attached hydrogen (secondary N) is 2. The number of aromatic nitrogens is 1. The van der Waals surface area contributed by atoms with Gasteiger partial charge in [-0.3, -0.25) is 14.4 Å². The normalized spacial score (nSPS) is 13.6. The molecule has 0 aliphatic carbocycles. The first-order chi connectivity index (χ1) is 13.6. The monoisotopic (exact) mass is 419 g/mol. The number of carbonyl (C=O) groups is 3. The first kappa shape index (κ1) is 21.0. The van der Waals surface area contributed by atoms with Gasteiger partial charge in [0.25, 0.3) is 17.6 Å². The molecule has 0 radical (unpaired) electrons. The second-order valence-corrected chi connectivity index (χ2v) is 8.52. The molecule has 3 rings (SSSR count). The van der Waals surface area contributed by atoms with Crippen molar-refractivity contribution in [2.45, 2.75) is 52.1 Å². The highest BCUT2D eigenvalue weighted by Crippen LogP contribution is 2.26. The van der Waals surface area contributed by atoms with Crippen LogP contribution in [0.2, 0.25) is 5.02 Å². The largest absolute Gasteiger partial charge is 0.345 e. The average molecular weight is 420 g/mol. The standard InChI is InChI=1S/C21H23ClFN3O3/c1-21(2,3)25-20(29)18(27)17-11-13(16-6-4-5-9-26(16)17)19(28)24-12-7-8-15(23)14(22)10-12/h7-8,10-11H,4-6,9H2,1-3H3,(H,24,28)(H,25,29). The molecule has 1 aromatic carbocycles. The van der Waals surface area contributed by atoms with E-state index in [1.165, 1.54) is 24.3 Å². The number of rotatable bonds is 4. The minimum absolute atomic E-state index is 0.101. The Bertz CT molecular complexity index is 992. The van der Waals surface area contributed by atoms with Crippen LogP contribution in [0.25, 0.3) is 0 Å². The molecule has 0 atom stereocenters. The Morgan fingerprint density at radius 3 is 2.52 bits per heavy atom. The van der Waals surface area contributed by atoms with E-state index in [9.17, 15) is 18.8 Å². The summed E-state index contributed by atoms with van der Waals surface area (Å²) in [5.41, 5.74) is 1.04. The van der Waals surface area contributed by atoms with Gasteiger partial charge in [-0.25, -0.2) is 4.39 Å². The van der Waals surface area contributed by atoms with Crippen LogP contribution in [-0.4, -0.2) is 27.7 Å². The molecule has 2 aromatic rings. The first-order valence-corrected chi connectivity index (χ1v) is 9.80. The Hall–Kier alpha value is -2.67. The van der Waals surface area contributed by atoms with E-state index in [4.69, 9.17) is 11.6 Å². The summed E-state index contributed by atoms with van der Waals surface area (Å²) in [5, 5.41) is 5.24. The summed E-state index contributed by atoms with van der Waals surface area (Å²) < 4.78 is 15.1. The van der Waals surface area contributed by atoms with Gasteiger partial charge < -0.3 is 15.2 Å². The Labute approximate surface area is 173 Å². The van der Waals surface area contributed by atoms with Crippen LogP contribution >= 0.6 is 11.6 Å². The highest BCUT2D eigenvalue weighted by atomic mass is 35.5. The molecule has 2 N–H and O–H groups in total. The zero-order valence-corrected chi connectivity index (χ0v) is 17.3. The molecular weight excluding hydrogens is 397 g/mol. The zero-order valence-electron chi connectivity index (χ0n) is 16.6. The highest BCUT2D eigenvalue weighted by molar-refractivity contribution is 6.42. The first-order valence-electron chi connectivity index (χ1n) is 9.42. The zero-order chi connectivity index (χ0) is 21.3. The molecule has 1 aromatic heterocycles. The number of benzene rings is 1. The average Bonchev–Trinajstić information content (AvgIpc) is 3.02. The summed E-state index contributed by atoms with van der Waals surface area (Å²) in [6.07, 6.45) is 2.37. The van der Waals surface area contributed by atoms with Crippen molar-refractivity contribution in [3.63, 3.8) is 0 Å². The molecule has 1 aliphatic heterocycles. The lowest BCUT2D eigenvalue weighted by Gasteiger charge is -2.21. The number of Topliss-reactive ketones (excluding diaryl/α,β-unsaturated/α-hetero) is 1. The number of halogens is 2. The second kappa shape index (κ2) is 7.99. The lowest BCUT2D eigenvalue weighted by Crippen LogP contribution is -2.44. The minimum Gasteiger partial charge on any atom is -0.345 e. The minimum atomic E-state index is -0.708. The lowest BCUT2D eigenvalue weighted by molar-refractivity contribution is -0.118. The van der Waals surface area contributed by atoms with E-state index in [0.29, 0.717) is 29.9 Å². The van der Waals surface area contributed by atoms with E-state index in [0.717, 1.165) is 12.8 Å². The van der Waals surface area contributed by atoms with Gasteiger partial charge in [-0.15, -0.1) is 0 Å². The Morgan fingerprint density at radius 1 is 1.14 bits per heavy atom. The molecule has 154 valence electrons. The van der Waals surface area contributed by atoms with Crippen molar-refractivity contribution in [2.75, 3.05) is 5.32 Å². The van der Waals surface area contributed by atoms with Crippen LogP contribution in [0.4, 0.5) is 10.1 Å². The van der Waals surface area contributed by atoms with Gasteiger partial charge in [-0.2, -0.15) is 0 Å². The summed E-state index contributed by atoms with van der Waals surface area (Å²) in [7, 11) is 0. The van der Waals surface area contributed by atoms with Gasteiger partial charge >= 0.3 is 0 Å². The SMILES string of the molecule is CC(C)(C)NC(=O)C(=O)c1cc(C(=O)Nc2ccc(F)c(Cl)c2)c2n1CCCC2. The molecule has 2 amide bonds. The maximum atomic E-state index is 13.3. The summed E-state index contributed by atoms with van der Waals surface area (Å²) in [6, 6.07) is 5.36. The lowest BCUT2D eigenvalue weighted by atomic mass is 10.1. The third kappa shape index (κ3) is 4.67. The predicted octanol–water partition coefficient (Wildman–Crippen LogP) is 3.97. The van der Waals surface area contributed by atoms with Crippen molar-refractivity contribution < 1.29 is 18.8 Å². The third-order valence-electron chi connectivity index (χ3n) is 4.60. The fourth-order valence-electron chi connectivity index (χ4n) is 3.35. The molecule has 0 spiro atoms. The van der Waals surface area contributed by atoms with Gasteiger partial charge in [-0.1, -0.05) is 11.6 Å². The summed E-state index contributed by atoms with van der Waals surface area (Å²) in [6.45, 7) is 5.93. The maximum Gasteiger partial charge on any atom is 0.294 e. The van der Waals surface area contributed by atoms with E-state index in [2.05, 4.69) is 10.6 Å². The highest BCUT2D eigenvalue weighted by Gasteiger charge is 2.30. The molecule has 8 heteroatoms.